The van der Waals surface area contributed by atoms with E-state index in [2.05, 4.69) is 21.6 Å². The van der Waals surface area contributed by atoms with Gasteiger partial charge < -0.3 is 4.90 Å². The van der Waals surface area contributed by atoms with Crippen LogP contribution in [0.3, 0.4) is 0 Å². The molecule has 0 atom stereocenters. The van der Waals surface area contributed by atoms with Crippen LogP contribution in [0.4, 0.5) is 5.69 Å². The van der Waals surface area contributed by atoms with E-state index in [1.54, 1.807) is 11.5 Å². The van der Waals surface area contributed by atoms with Gasteiger partial charge in [-0.25, -0.2) is 13.9 Å². The van der Waals surface area contributed by atoms with E-state index < -0.39 is 15.9 Å². The molecule has 1 saturated heterocycles. The summed E-state index contributed by atoms with van der Waals surface area (Å²) in [7, 11) is -1.30. The summed E-state index contributed by atoms with van der Waals surface area (Å²) in [4.78, 5) is 15.7. The number of piperazine rings is 1. The molecule has 0 spiro atoms. The van der Waals surface area contributed by atoms with Crippen molar-refractivity contribution in [3.8, 4) is 0 Å². The number of benzene rings is 2. The third-order valence-electron chi connectivity index (χ3n) is 6.17. The molecule has 0 bridgehead atoms. The van der Waals surface area contributed by atoms with Gasteiger partial charge in [-0.05, 0) is 61.6 Å². The SMILES string of the molecule is CN1CCN(CCS(=O)(=O)Nc2cccc(CCCCc3ccc(CC(=O)NO)cc3)c2)CC1. The number of carbonyl (C=O) groups excluding carboxylic acids is 1. The predicted octanol–water partition coefficient (Wildman–Crippen LogP) is 2.29. The maximum absolute atomic E-state index is 12.6. The topological polar surface area (TPSA) is 102 Å². The highest BCUT2D eigenvalue weighted by molar-refractivity contribution is 7.92. The van der Waals surface area contributed by atoms with Crippen molar-refractivity contribution >= 4 is 21.6 Å². The number of rotatable bonds is 12. The van der Waals surface area contributed by atoms with Crippen molar-refractivity contribution in [2.75, 3.05) is 50.2 Å². The van der Waals surface area contributed by atoms with Crippen molar-refractivity contribution in [1.29, 1.82) is 0 Å². The molecule has 34 heavy (non-hydrogen) atoms. The van der Waals surface area contributed by atoms with E-state index in [-0.39, 0.29) is 12.2 Å². The number of unbranched alkanes of at least 4 members (excludes halogenated alkanes) is 1. The molecular weight excluding hydrogens is 452 g/mol. The van der Waals surface area contributed by atoms with Gasteiger partial charge in [0.15, 0.2) is 0 Å². The molecule has 3 rings (SSSR count). The highest BCUT2D eigenvalue weighted by Gasteiger charge is 2.17. The summed E-state index contributed by atoms with van der Waals surface area (Å²) in [6, 6.07) is 15.5. The first-order valence-corrected chi connectivity index (χ1v) is 13.5. The second-order valence-corrected chi connectivity index (χ2v) is 10.8. The van der Waals surface area contributed by atoms with E-state index in [4.69, 9.17) is 5.21 Å². The zero-order valence-electron chi connectivity index (χ0n) is 19.9. The second-order valence-electron chi connectivity index (χ2n) is 9.00. The molecule has 1 amide bonds. The summed E-state index contributed by atoms with van der Waals surface area (Å²) in [5, 5.41) is 8.60. The number of nitrogens with one attached hydrogen (secondary N) is 2. The molecule has 1 aliphatic rings. The number of anilines is 1. The van der Waals surface area contributed by atoms with E-state index in [0.717, 1.165) is 63.0 Å². The van der Waals surface area contributed by atoms with Gasteiger partial charge >= 0.3 is 0 Å². The molecule has 1 aliphatic heterocycles. The van der Waals surface area contributed by atoms with Crippen molar-refractivity contribution in [1.82, 2.24) is 15.3 Å². The molecule has 1 heterocycles. The van der Waals surface area contributed by atoms with Gasteiger partial charge in [0.05, 0.1) is 12.2 Å². The Morgan fingerprint density at radius 1 is 0.941 bits per heavy atom. The third-order valence-corrected chi connectivity index (χ3v) is 7.43. The average Bonchev–Trinajstić information content (AvgIpc) is 2.82. The van der Waals surface area contributed by atoms with Crippen LogP contribution in [0, 0.1) is 0 Å². The Hall–Kier alpha value is -2.46. The lowest BCUT2D eigenvalue weighted by Gasteiger charge is -2.32. The molecule has 0 unspecified atom stereocenters. The fourth-order valence-electron chi connectivity index (χ4n) is 4.05. The largest absolute Gasteiger partial charge is 0.304 e. The van der Waals surface area contributed by atoms with Crippen LogP contribution in [0.15, 0.2) is 48.5 Å². The molecule has 0 radical (unpaired) electrons. The Morgan fingerprint density at radius 3 is 2.26 bits per heavy atom. The molecule has 2 aromatic carbocycles. The quantitative estimate of drug-likeness (QED) is 0.241. The molecule has 2 aromatic rings. The molecule has 0 saturated carbocycles. The number of carbonyl (C=O) groups is 1. The van der Waals surface area contributed by atoms with Crippen molar-refractivity contribution in [3.63, 3.8) is 0 Å². The number of aryl methyl sites for hydroxylation is 2. The molecule has 1 fully saturated rings. The molecule has 9 heteroatoms. The summed E-state index contributed by atoms with van der Waals surface area (Å²) in [6.07, 6.45) is 3.98. The van der Waals surface area contributed by atoms with E-state index in [1.807, 2.05) is 42.5 Å². The van der Waals surface area contributed by atoms with Crippen LogP contribution in [0.2, 0.25) is 0 Å². The van der Waals surface area contributed by atoms with Gasteiger partial charge in [-0.3, -0.25) is 19.6 Å². The summed E-state index contributed by atoms with van der Waals surface area (Å²) in [5.74, 6) is -0.322. The van der Waals surface area contributed by atoms with E-state index in [9.17, 15) is 13.2 Å². The second kappa shape index (κ2) is 12.9. The van der Waals surface area contributed by atoms with Crippen LogP contribution < -0.4 is 10.2 Å². The first-order chi connectivity index (χ1) is 16.3. The average molecular weight is 489 g/mol. The van der Waals surface area contributed by atoms with Gasteiger partial charge in [0.1, 0.15) is 0 Å². The number of sulfonamides is 1. The lowest BCUT2D eigenvalue weighted by Crippen LogP contribution is -2.46. The van der Waals surface area contributed by atoms with Crippen LogP contribution in [0.5, 0.6) is 0 Å². The molecule has 3 N–H and O–H groups in total. The van der Waals surface area contributed by atoms with Crippen molar-refractivity contribution in [2.45, 2.75) is 32.1 Å². The fourth-order valence-corrected chi connectivity index (χ4v) is 5.14. The Labute approximate surface area is 203 Å². The van der Waals surface area contributed by atoms with Gasteiger partial charge in [0, 0.05) is 38.4 Å². The number of nitrogens with zero attached hydrogens (tertiary/aromatic N) is 2. The van der Waals surface area contributed by atoms with Crippen LogP contribution >= 0.6 is 0 Å². The molecule has 0 aromatic heterocycles. The standard InChI is InChI=1S/C25H36N4O4S/c1-28-13-15-29(16-14-28)17-18-34(32,33)27-24-8-4-7-22(19-24)6-3-2-5-21-9-11-23(12-10-21)20-25(30)26-31/h4,7-12,19,27,31H,2-3,5-6,13-18,20H2,1H3,(H,26,30). The predicted molar refractivity (Wildman–Crippen MR) is 135 cm³/mol. The summed E-state index contributed by atoms with van der Waals surface area (Å²) in [5.41, 5.74) is 5.44. The third kappa shape index (κ3) is 9.06. The van der Waals surface area contributed by atoms with Crippen LogP contribution in [-0.2, 0) is 34.1 Å². The monoisotopic (exact) mass is 488 g/mol. The number of likely N-dealkylation sites (N-methyl/N-ethyl adjacent to an activating group) is 1. The van der Waals surface area contributed by atoms with Crippen LogP contribution in [-0.4, -0.2) is 74.9 Å². The van der Waals surface area contributed by atoms with Gasteiger partial charge in [-0.1, -0.05) is 36.4 Å². The van der Waals surface area contributed by atoms with Crippen LogP contribution in [0.1, 0.15) is 29.5 Å². The first-order valence-electron chi connectivity index (χ1n) is 11.8. The first kappa shape index (κ1) is 26.2. The minimum absolute atomic E-state index is 0.102. The minimum Gasteiger partial charge on any atom is -0.304 e. The number of hydroxylamine groups is 1. The fraction of sp³-hybridized carbons (Fsp3) is 0.480. The normalized spacial score (nSPS) is 15.2. The Balaban J connectivity index is 1.40. The lowest BCUT2D eigenvalue weighted by atomic mass is 10.0. The lowest BCUT2D eigenvalue weighted by molar-refractivity contribution is -0.128. The smallest absolute Gasteiger partial charge is 0.247 e. The summed E-state index contributed by atoms with van der Waals surface area (Å²) in [6.45, 7) is 4.33. The summed E-state index contributed by atoms with van der Waals surface area (Å²) >= 11 is 0. The Morgan fingerprint density at radius 2 is 1.59 bits per heavy atom. The Bertz CT molecular complexity index is 1020. The van der Waals surface area contributed by atoms with E-state index in [1.165, 1.54) is 5.56 Å². The van der Waals surface area contributed by atoms with Crippen LogP contribution in [0.25, 0.3) is 0 Å². The highest BCUT2D eigenvalue weighted by atomic mass is 32.2. The van der Waals surface area contributed by atoms with Crippen molar-refractivity contribution in [2.24, 2.45) is 0 Å². The number of amides is 1. The van der Waals surface area contributed by atoms with Gasteiger partial charge in [-0.2, -0.15) is 0 Å². The maximum Gasteiger partial charge on any atom is 0.247 e. The number of hydrogen-bond acceptors (Lipinski definition) is 6. The summed E-state index contributed by atoms with van der Waals surface area (Å²) < 4.78 is 27.8. The molecule has 0 aliphatic carbocycles. The van der Waals surface area contributed by atoms with Gasteiger partial charge in [-0.15, -0.1) is 0 Å². The number of hydrogen-bond donors (Lipinski definition) is 3. The van der Waals surface area contributed by atoms with E-state index in [0.29, 0.717) is 12.2 Å². The highest BCUT2D eigenvalue weighted by Crippen LogP contribution is 2.16. The van der Waals surface area contributed by atoms with Crippen molar-refractivity contribution in [3.05, 3.63) is 65.2 Å². The maximum atomic E-state index is 12.6. The molecular formula is C25H36N4O4S. The zero-order chi connectivity index (χ0) is 24.4. The van der Waals surface area contributed by atoms with Gasteiger partial charge in [0.2, 0.25) is 15.9 Å². The zero-order valence-corrected chi connectivity index (χ0v) is 20.7. The van der Waals surface area contributed by atoms with E-state index >= 15 is 0 Å². The van der Waals surface area contributed by atoms with Gasteiger partial charge in [0.25, 0.3) is 0 Å². The minimum atomic E-state index is -3.38. The Kier molecular flexibility index (Phi) is 9.88. The molecule has 186 valence electrons. The molecule has 8 nitrogen and oxygen atoms in total. The van der Waals surface area contributed by atoms with Crippen molar-refractivity contribution < 1.29 is 18.4 Å².